The van der Waals surface area contributed by atoms with Crippen molar-refractivity contribution in [2.24, 2.45) is 11.8 Å². The smallest absolute Gasteiger partial charge is 0.264 e. The van der Waals surface area contributed by atoms with Crippen molar-refractivity contribution in [3.63, 3.8) is 0 Å². The molecule has 6 rings (SSSR count). The molecule has 222 valence electrons. The number of fused-ring (bicyclic) bond motifs is 6. The van der Waals surface area contributed by atoms with Gasteiger partial charge in [-0.05, 0) is 98.7 Å². The minimum absolute atomic E-state index is 0.0343. The molecule has 3 aliphatic heterocycles. The van der Waals surface area contributed by atoms with Gasteiger partial charge in [0.15, 0.2) is 0 Å². The summed E-state index contributed by atoms with van der Waals surface area (Å²) in [6, 6.07) is 11.1. The standard InChI is InChI=1S/C31H39ClN2O6S/c1-20-18-39-26-11-13-38-30(16-26)27-9-6-23(27)17-34-12-3-2-4-21-14-25(32)8-5-24(21)19-40-29-10-7-22(15-28(29)34)31(35)33-41(20,36)37/h5,7-8,10,14-15,20,23,26-27,30H,2-4,6,9,11-13,16-19H2,1H3,(H,33,35)/t20-,23-,26-,27+,30+/m0/s1. The van der Waals surface area contributed by atoms with E-state index in [9.17, 15) is 13.2 Å². The normalized spacial score (nSPS) is 30.3. The molecular weight excluding hydrogens is 564 g/mol. The van der Waals surface area contributed by atoms with E-state index in [1.165, 1.54) is 5.56 Å². The SMILES string of the molecule is C[C@H]1CO[C@H]2CCO[C@H](C2)[C@@H]2CC[C@H]2CN2CCCCc3cc(Cl)ccc3COc3ccc(cc32)C(=O)NS1(=O)=O. The Morgan fingerprint density at radius 3 is 2.73 bits per heavy atom. The summed E-state index contributed by atoms with van der Waals surface area (Å²) in [5, 5.41) is -0.149. The fourth-order valence-corrected chi connectivity index (χ4v) is 7.60. The molecule has 10 heteroatoms. The minimum atomic E-state index is -3.93. The van der Waals surface area contributed by atoms with Gasteiger partial charge < -0.3 is 19.1 Å². The fraction of sp³-hybridized carbons (Fsp3) is 0.581. The van der Waals surface area contributed by atoms with Crippen LogP contribution in [0.15, 0.2) is 36.4 Å². The van der Waals surface area contributed by atoms with Gasteiger partial charge in [0, 0.05) is 36.7 Å². The molecule has 8 nitrogen and oxygen atoms in total. The van der Waals surface area contributed by atoms with Crippen molar-refractivity contribution < 1.29 is 27.4 Å². The van der Waals surface area contributed by atoms with Crippen LogP contribution in [0.4, 0.5) is 5.69 Å². The third kappa shape index (κ3) is 6.38. The summed E-state index contributed by atoms with van der Waals surface area (Å²) < 4.78 is 47.1. The highest BCUT2D eigenvalue weighted by Crippen LogP contribution is 2.43. The molecule has 1 saturated carbocycles. The number of anilines is 1. The molecular formula is C31H39ClN2O6S. The Morgan fingerprint density at radius 2 is 1.90 bits per heavy atom. The lowest BCUT2D eigenvalue weighted by molar-refractivity contribution is -0.116. The van der Waals surface area contributed by atoms with Crippen LogP contribution in [0, 0.1) is 11.8 Å². The summed E-state index contributed by atoms with van der Waals surface area (Å²) in [7, 11) is -3.93. The first-order chi connectivity index (χ1) is 19.8. The molecule has 0 unspecified atom stereocenters. The van der Waals surface area contributed by atoms with Gasteiger partial charge in [0.1, 0.15) is 17.6 Å². The van der Waals surface area contributed by atoms with Crippen LogP contribution in [-0.4, -0.2) is 58.1 Å². The second-order valence-electron chi connectivity index (χ2n) is 12.0. The van der Waals surface area contributed by atoms with Gasteiger partial charge >= 0.3 is 0 Å². The lowest BCUT2D eigenvalue weighted by Gasteiger charge is -2.46. The van der Waals surface area contributed by atoms with Crippen LogP contribution in [-0.2, 0) is 32.5 Å². The van der Waals surface area contributed by atoms with Crippen LogP contribution in [0.25, 0.3) is 0 Å². The van der Waals surface area contributed by atoms with Crippen molar-refractivity contribution in [2.75, 3.05) is 31.2 Å². The number of nitrogens with zero attached hydrogens (tertiary/aromatic N) is 1. The van der Waals surface area contributed by atoms with Crippen molar-refractivity contribution in [3.8, 4) is 5.75 Å². The maximum Gasteiger partial charge on any atom is 0.264 e. The molecule has 4 bridgehead atoms. The Balaban J connectivity index is 1.37. The van der Waals surface area contributed by atoms with Crippen LogP contribution < -0.4 is 14.4 Å². The summed E-state index contributed by atoms with van der Waals surface area (Å²) in [6.45, 7) is 4.23. The largest absolute Gasteiger partial charge is 0.487 e. The topological polar surface area (TPSA) is 94.2 Å². The zero-order valence-corrected chi connectivity index (χ0v) is 25.1. The molecule has 0 aromatic heterocycles. The number of aryl methyl sites for hydroxylation is 1. The van der Waals surface area contributed by atoms with E-state index in [2.05, 4.69) is 9.62 Å². The highest BCUT2D eigenvalue weighted by Gasteiger charge is 2.41. The number of carbonyl (C=O) groups excluding carboxylic acids is 1. The van der Waals surface area contributed by atoms with E-state index in [1.807, 2.05) is 18.2 Å². The summed E-state index contributed by atoms with van der Waals surface area (Å²) in [4.78, 5) is 15.6. The first-order valence-electron chi connectivity index (χ1n) is 14.8. The van der Waals surface area contributed by atoms with Crippen molar-refractivity contribution in [2.45, 2.75) is 75.9 Å². The quantitative estimate of drug-likeness (QED) is 0.448. The van der Waals surface area contributed by atoms with E-state index in [-0.39, 0.29) is 24.4 Å². The van der Waals surface area contributed by atoms with Gasteiger partial charge in [0.05, 0.1) is 24.5 Å². The first kappa shape index (κ1) is 28.8. The Labute approximate surface area is 247 Å². The molecule has 0 radical (unpaired) electrons. The lowest BCUT2D eigenvalue weighted by Crippen LogP contribution is -2.48. The second-order valence-corrected chi connectivity index (χ2v) is 14.5. The van der Waals surface area contributed by atoms with E-state index in [0.29, 0.717) is 30.8 Å². The molecule has 4 aliphatic rings. The average Bonchev–Trinajstić information content (AvgIpc) is 2.96. The number of nitrogens with one attached hydrogen (secondary N) is 1. The van der Waals surface area contributed by atoms with Gasteiger partial charge in [-0.25, -0.2) is 13.1 Å². The summed E-state index contributed by atoms with van der Waals surface area (Å²) in [5.74, 6) is 0.918. The number of benzene rings is 2. The molecule has 2 aromatic rings. The highest BCUT2D eigenvalue weighted by molar-refractivity contribution is 7.90. The van der Waals surface area contributed by atoms with Crippen LogP contribution in [0.2, 0.25) is 5.02 Å². The minimum Gasteiger partial charge on any atom is -0.487 e. The predicted octanol–water partition coefficient (Wildman–Crippen LogP) is 5.11. The number of halogens is 1. The number of sulfonamides is 1. The predicted molar refractivity (Wildman–Crippen MR) is 158 cm³/mol. The first-order valence-corrected chi connectivity index (χ1v) is 16.8. The molecule has 2 fully saturated rings. The van der Waals surface area contributed by atoms with E-state index in [0.717, 1.165) is 74.3 Å². The van der Waals surface area contributed by atoms with Gasteiger partial charge in [-0.15, -0.1) is 0 Å². The third-order valence-electron chi connectivity index (χ3n) is 9.24. The van der Waals surface area contributed by atoms with Crippen LogP contribution in [0.3, 0.4) is 0 Å². The zero-order valence-electron chi connectivity index (χ0n) is 23.5. The molecule has 0 spiro atoms. The van der Waals surface area contributed by atoms with Gasteiger partial charge in [-0.3, -0.25) is 4.79 Å². The number of ether oxygens (including phenoxy) is 3. The average molecular weight is 603 g/mol. The number of hydrogen-bond donors (Lipinski definition) is 1. The van der Waals surface area contributed by atoms with Crippen molar-refractivity contribution >= 4 is 33.2 Å². The van der Waals surface area contributed by atoms with Crippen LogP contribution >= 0.6 is 11.6 Å². The summed E-state index contributed by atoms with van der Waals surface area (Å²) in [6.07, 6.45) is 6.69. The van der Waals surface area contributed by atoms with Gasteiger partial charge in [0.2, 0.25) is 10.0 Å². The maximum absolute atomic E-state index is 13.3. The van der Waals surface area contributed by atoms with E-state index in [1.54, 1.807) is 25.1 Å². The molecule has 5 atom stereocenters. The van der Waals surface area contributed by atoms with E-state index < -0.39 is 21.2 Å². The highest BCUT2D eigenvalue weighted by atomic mass is 35.5. The summed E-state index contributed by atoms with van der Waals surface area (Å²) in [5.41, 5.74) is 3.40. The monoisotopic (exact) mass is 602 g/mol. The molecule has 1 N–H and O–H groups in total. The molecule has 1 aliphatic carbocycles. The van der Waals surface area contributed by atoms with Crippen LogP contribution in [0.1, 0.15) is 66.9 Å². The van der Waals surface area contributed by atoms with Gasteiger partial charge in [-0.2, -0.15) is 0 Å². The van der Waals surface area contributed by atoms with Crippen molar-refractivity contribution in [1.29, 1.82) is 0 Å². The number of carbonyl (C=O) groups is 1. The molecule has 2 aromatic carbocycles. The van der Waals surface area contributed by atoms with E-state index >= 15 is 0 Å². The third-order valence-corrected chi connectivity index (χ3v) is 11.1. The maximum atomic E-state index is 13.3. The van der Waals surface area contributed by atoms with Crippen molar-refractivity contribution in [1.82, 2.24) is 4.72 Å². The summed E-state index contributed by atoms with van der Waals surface area (Å²) >= 11 is 6.32. The van der Waals surface area contributed by atoms with Gasteiger partial charge in [-0.1, -0.05) is 17.7 Å². The fourth-order valence-electron chi connectivity index (χ4n) is 6.57. The zero-order chi connectivity index (χ0) is 28.6. The second kappa shape index (κ2) is 12.1. The molecule has 1 saturated heterocycles. The Morgan fingerprint density at radius 1 is 1.02 bits per heavy atom. The van der Waals surface area contributed by atoms with Crippen LogP contribution in [0.5, 0.6) is 5.75 Å². The molecule has 41 heavy (non-hydrogen) atoms. The number of amides is 1. The molecule has 1 amide bonds. The number of rotatable bonds is 0. The Kier molecular flexibility index (Phi) is 8.50. The Bertz CT molecular complexity index is 1380. The Hall–Kier alpha value is -2.33. The van der Waals surface area contributed by atoms with Crippen molar-refractivity contribution in [3.05, 3.63) is 58.1 Å². The number of hydrogen-bond acceptors (Lipinski definition) is 7. The van der Waals surface area contributed by atoms with Gasteiger partial charge in [0.25, 0.3) is 5.91 Å². The molecule has 3 heterocycles. The lowest BCUT2D eigenvalue weighted by atomic mass is 9.68. The van der Waals surface area contributed by atoms with E-state index in [4.69, 9.17) is 25.8 Å².